The molecule has 148 valence electrons. The number of aromatic nitrogens is 2. The maximum Gasteiger partial charge on any atom is 0.343 e. The lowest BCUT2D eigenvalue weighted by atomic mass is 9.86. The van der Waals surface area contributed by atoms with Gasteiger partial charge in [-0.15, -0.1) is 0 Å². The van der Waals surface area contributed by atoms with Crippen molar-refractivity contribution in [3.8, 4) is 17.1 Å². The van der Waals surface area contributed by atoms with Crippen molar-refractivity contribution in [2.24, 2.45) is 0 Å². The number of aromatic hydroxyl groups is 1. The Labute approximate surface area is 166 Å². The van der Waals surface area contributed by atoms with E-state index in [9.17, 15) is 19.8 Å². The molecule has 2 aromatic heterocycles. The molecule has 0 amide bonds. The van der Waals surface area contributed by atoms with Gasteiger partial charge in [-0.3, -0.25) is 9.36 Å². The van der Waals surface area contributed by atoms with Gasteiger partial charge in [-0.1, -0.05) is 13.8 Å². The van der Waals surface area contributed by atoms with Gasteiger partial charge in [0.1, 0.15) is 12.4 Å². The van der Waals surface area contributed by atoms with E-state index in [1.807, 2.05) is 13.0 Å². The summed E-state index contributed by atoms with van der Waals surface area (Å²) in [5.74, 6) is -0.580. The van der Waals surface area contributed by atoms with E-state index in [1.165, 1.54) is 0 Å². The van der Waals surface area contributed by atoms with Gasteiger partial charge in [-0.25, -0.2) is 9.78 Å². The molecule has 1 unspecified atom stereocenters. The maximum absolute atomic E-state index is 13.4. The van der Waals surface area contributed by atoms with Crippen LogP contribution in [0.4, 0.5) is 0 Å². The third kappa shape index (κ3) is 2.25. The van der Waals surface area contributed by atoms with Crippen LogP contribution < -0.4 is 5.56 Å². The van der Waals surface area contributed by atoms with Gasteiger partial charge in [-0.2, -0.15) is 0 Å². The van der Waals surface area contributed by atoms with E-state index in [-0.39, 0.29) is 30.4 Å². The SMILES string of the molecule is CCC1c2cc3cc(O)ccc3nc2-c2cc3c(c(=O)n21)COC(=O)[C@]3(O)CC. The molecule has 1 aromatic carbocycles. The lowest BCUT2D eigenvalue weighted by molar-refractivity contribution is -0.172. The number of nitrogens with zero attached hydrogens (tertiary/aromatic N) is 2. The topological polar surface area (TPSA) is 102 Å². The second-order valence-corrected chi connectivity index (χ2v) is 7.61. The van der Waals surface area contributed by atoms with Crippen molar-refractivity contribution in [1.29, 1.82) is 0 Å². The number of aliphatic hydroxyl groups is 1. The highest BCUT2D eigenvalue weighted by Gasteiger charge is 2.46. The van der Waals surface area contributed by atoms with Crippen molar-refractivity contribution in [1.82, 2.24) is 9.55 Å². The lowest BCUT2D eigenvalue weighted by Crippen LogP contribution is -2.44. The van der Waals surface area contributed by atoms with Crippen LogP contribution >= 0.6 is 0 Å². The lowest BCUT2D eigenvalue weighted by Gasteiger charge is -2.32. The summed E-state index contributed by atoms with van der Waals surface area (Å²) >= 11 is 0. The monoisotopic (exact) mass is 392 g/mol. The largest absolute Gasteiger partial charge is 0.508 e. The molecule has 0 saturated heterocycles. The Morgan fingerprint density at radius 3 is 2.76 bits per heavy atom. The minimum absolute atomic E-state index is 0.107. The predicted molar refractivity (Wildman–Crippen MR) is 106 cm³/mol. The summed E-state index contributed by atoms with van der Waals surface area (Å²) < 4.78 is 6.81. The van der Waals surface area contributed by atoms with Crippen LogP contribution in [0.25, 0.3) is 22.3 Å². The Kier molecular flexibility index (Phi) is 3.64. The summed E-state index contributed by atoms with van der Waals surface area (Å²) in [5.41, 5.74) is 1.34. The molecule has 7 nitrogen and oxygen atoms in total. The summed E-state index contributed by atoms with van der Waals surface area (Å²) in [5, 5.41) is 21.6. The first kappa shape index (κ1) is 17.9. The first-order valence-corrected chi connectivity index (χ1v) is 9.71. The van der Waals surface area contributed by atoms with Crippen molar-refractivity contribution in [3.63, 3.8) is 0 Å². The molecule has 5 rings (SSSR count). The molecular weight excluding hydrogens is 372 g/mol. The number of fused-ring (bicyclic) bond motifs is 5. The van der Waals surface area contributed by atoms with E-state index in [1.54, 1.807) is 35.8 Å². The summed E-state index contributed by atoms with van der Waals surface area (Å²) in [4.78, 5) is 30.4. The first-order chi connectivity index (χ1) is 13.9. The molecule has 0 spiro atoms. The number of pyridine rings is 2. The number of hydrogen-bond acceptors (Lipinski definition) is 6. The van der Waals surface area contributed by atoms with Crippen molar-refractivity contribution >= 4 is 16.9 Å². The summed E-state index contributed by atoms with van der Waals surface area (Å²) in [6.07, 6.45) is 0.777. The molecule has 2 atom stereocenters. The minimum Gasteiger partial charge on any atom is -0.508 e. The molecule has 0 saturated carbocycles. The molecule has 0 aliphatic carbocycles. The van der Waals surface area contributed by atoms with Crippen LogP contribution in [0.2, 0.25) is 0 Å². The zero-order valence-electron chi connectivity index (χ0n) is 16.1. The number of esters is 1. The fourth-order valence-electron chi connectivity index (χ4n) is 4.55. The third-order valence-corrected chi connectivity index (χ3v) is 6.11. The molecule has 2 aliphatic rings. The average Bonchev–Trinajstić information content (AvgIpc) is 3.02. The Balaban J connectivity index is 1.85. The summed E-state index contributed by atoms with van der Waals surface area (Å²) in [6.45, 7) is 3.53. The van der Waals surface area contributed by atoms with Gasteiger partial charge in [-0.05, 0) is 43.2 Å². The number of phenols is 1. The second kappa shape index (κ2) is 5.90. The zero-order chi connectivity index (χ0) is 20.5. The number of rotatable bonds is 2. The van der Waals surface area contributed by atoms with Gasteiger partial charge in [0.05, 0.1) is 28.5 Å². The highest BCUT2D eigenvalue weighted by Crippen LogP contribution is 2.43. The van der Waals surface area contributed by atoms with E-state index in [0.29, 0.717) is 34.5 Å². The van der Waals surface area contributed by atoms with Gasteiger partial charge in [0.2, 0.25) is 0 Å². The van der Waals surface area contributed by atoms with E-state index in [4.69, 9.17) is 9.72 Å². The smallest absolute Gasteiger partial charge is 0.343 e. The van der Waals surface area contributed by atoms with Gasteiger partial charge in [0.15, 0.2) is 5.60 Å². The van der Waals surface area contributed by atoms with Gasteiger partial charge >= 0.3 is 5.97 Å². The second-order valence-electron chi connectivity index (χ2n) is 7.61. The molecule has 29 heavy (non-hydrogen) atoms. The van der Waals surface area contributed by atoms with E-state index >= 15 is 0 Å². The Bertz CT molecular complexity index is 1260. The maximum atomic E-state index is 13.4. The van der Waals surface area contributed by atoms with Crippen molar-refractivity contribution in [2.75, 3.05) is 0 Å². The third-order valence-electron chi connectivity index (χ3n) is 6.11. The number of benzene rings is 1. The number of carbonyl (C=O) groups excluding carboxylic acids is 1. The van der Waals surface area contributed by atoms with Crippen LogP contribution in [-0.4, -0.2) is 25.7 Å². The average molecular weight is 392 g/mol. The number of ether oxygens (including phenoxy) is 1. The van der Waals surface area contributed by atoms with E-state index in [2.05, 4.69) is 0 Å². The molecular formula is C22H20N2O5. The van der Waals surface area contributed by atoms with Gasteiger partial charge < -0.3 is 14.9 Å². The number of cyclic esters (lactones) is 1. The summed E-state index contributed by atoms with van der Waals surface area (Å²) in [6, 6.07) is 8.39. The van der Waals surface area contributed by atoms with Crippen LogP contribution in [-0.2, 0) is 21.7 Å². The van der Waals surface area contributed by atoms with Crippen molar-refractivity contribution in [3.05, 3.63) is 57.4 Å². The predicted octanol–water partition coefficient (Wildman–Crippen LogP) is 2.74. The molecule has 7 heteroatoms. The number of hydrogen-bond donors (Lipinski definition) is 2. The molecule has 3 aromatic rings. The normalized spacial score (nSPS) is 22.2. The van der Waals surface area contributed by atoms with E-state index in [0.717, 1.165) is 10.9 Å². The van der Waals surface area contributed by atoms with Crippen LogP contribution in [0.3, 0.4) is 0 Å². The Morgan fingerprint density at radius 1 is 1.24 bits per heavy atom. The standard InChI is InChI=1S/C22H20N2O5/c1-3-17-13-8-11-7-12(25)5-6-16(11)23-19(13)18-9-15-14(20(26)24(17)18)10-29-21(27)22(15,28)4-2/h5-9,17,25,28H,3-4,10H2,1-2H3/t17?,22-/m0/s1. The fraction of sp³-hybridized carbons (Fsp3) is 0.318. The Morgan fingerprint density at radius 2 is 2.03 bits per heavy atom. The zero-order valence-corrected chi connectivity index (χ0v) is 16.1. The molecule has 2 N–H and O–H groups in total. The van der Waals surface area contributed by atoms with Crippen molar-refractivity contribution < 1.29 is 19.7 Å². The van der Waals surface area contributed by atoms with Crippen LogP contribution in [0.1, 0.15) is 49.4 Å². The molecule has 4 heterocycles. The summed E-state index contributed by atoms with van der Waals surface area (Å²) in [7, 11) is 0. The molecule has 2 aliphatic heterocycles. The van der Waals surface area contributed by atoms with E-state index < -0.39 is 11.6 Å². The van der Waals surface area contributed by atoms with Crippen molar-refractivity contribution in [2.45, 2.75) is 44.9 Å². The molecule has 0 fully saturated rings. The highest BCUT2D eigenvalue weighted by molar-refractivity contribution is 5.87. The van der Waals surface area contributed by atoms with Gasteiger partial charge in [0.25, 0.3) is 5.56 Å². The van der Waals surface area contributed by atoms with Gasteiger partial charge in [0, 0.05) is 16.5 Å². The first-order valence-electron chi connectivity index (χ1n) is 9.71. The fourth-order valence-corrected chi connectivity index (χ4v) is 4.55. The molecule has 0 bridgehead atoms. The molecule has 0 radical (unpaired) electrons. The minimum atomic E-state index is -1.84. The Hall–Kier alpha value is -3.19. The number of phenolic OH excluding ortho intramolecular Hbond substituents is 1. The quantitative estimate of drug-likeness (QED) is 0.650. The van der Waals surface area contributed by atoms with Crippen LogP contribution in [0.5, 0.6) is 5.75 Å². The van der Waals surface area contributed by atoms with Crippen LogP contribution in [0, 0.1) is 0 Å². The number of carbonyl (C=O) groups is 1. The highest BCUT2D eigenvalue weighted by atomic mass is 16.6. The van der Waals surface area contributed by atoms with Crippen LogP contribution in [0.15, 0.2) is 35.1 Å².